The van der Waals surface area contributed by atoms with Crippen LogP contribution in [0.1, 0.15) is 206 Å². The molecule has 0 saturated carbocycles. The summed E-state index contributed by atoms with van der Waals surface area (Å²) in [6.45, 7) is 12.5. The molecule has 1 rings (SSSR count). The van der Waals surface area contributed by atoms with E-state index in [1.165, 1.54) is 128 Å². The van der Waals surface area contributed by atoms with Gasteiger partial charge in [0.15, 0.2) is 0 Å². The van der Waals surface area contributed by atoms with E-state index < -0.39 is 12.2 Å². The van der Waals surface area contributed by atoms with E-state index in [0.717, 1.165) is 77.8 Å². The molecule has 4 atom stereocenters. The Morgan fingerprint density at radius 3 is 1.07 bits per heavy atom. The molecular formula is C48H98N6O4. The zero-order valence-electron chi connectivity index (χ0n) is 38.4. The van der Waals surface area contributed by atoms with Crippen LogP contribution in [0.3, 0.4) is 0 Å². The topological polar surface area (TPSA) is 157 Å². The number of hydrogen-bond acceptors (Lipinski definition) is 8. The second kappa shape index (κ2) is 39.8. The molecule has 344 valence electrons. The fourth-order valence-electron chi connectivity index (χ4n) is 8.73. The Kier molecular flexibility index (Phi) is 37.6. The number of carbonyl (C=O) groups excluding carboxylic acids is 2. The molecule has 0 bridgehead atoms. The summed E-state index contributed by atoms with van der Waals surface area (Å²) in [5, 5.41) is 26.7. The molecule has 10 nitrogen and oxygen atoms in total. The summed E-state index contributed by atoms with van der Waals surface area (Å²) in [5.74, 6) is 0.578. The molecule has 2 amide bonds. The van der Waals surface area contributed by atoms with Gasteiger partial charge in [0.1, 0.15) is 0 Å². The van der Waals surface area contributed by atoms with E-state index in [-0.39, 0.29) is 36.7 Å². The van der Waals surface area contributed by atoms with Gasteiger partial charge >= 0.3 is 0 Å². The number of nitrogens with zero attached hydrogens (tertiary/aromatic N) is 2. The van der Waals surface area contributed by atoms with Crippen molar-refractivity contribution in [1.82, 2.24) is 20.4 Å². The van der Waals surface area contributed by atoms with Gasteiger partial charge in [0, 0.05) is 65.2 Å². The van der Waals surface area contributed by atoms with Gasteiger partial charge in [-0.25, -0.2) is 0 Å². The predicted molar refractivity (Wildman–Crippen MR) is 246 cm³/mol. The van der Waals surface area contributed by atoms with Crippen molar-refractivity contribution in [1.29, 1.82) is 0 Å². The highest BCUT2D eigenvalue weighted by Gasteiger charge is 2.20. The fraction of sp³-hybridized carbons (Fsp3) is 0.958. The molecule has 1 aliphatic heterocycles. The van der Waals surface area contributed by atoms with E-state index in [0.29, 0.717) is 38.8 Å². The molecule has 58 heavy (non-hydrogen) atoms. The van der Waals surface area contributed by atoms with Crippen molar-refractivity contribution in [2.24, 2.45) is 23.3 Å². The summed E-state index contributed by atoms with van der Waals surface area (Å²) in [7, 11) is 0. The minimum atomic E-state index is -0.531. The highest BCUT2D eigenvalue weighted by atomic mass is 16.3. The van der Waals surface area contributed by atoms with Crippen LogP contribution in [0.5, 0.6) is 0 Å². The second-order valence-corrected chi connectivity index (χ2v) is 18.1. The first kappa shape index (κ1) is 54.7. The number of nitrogens with one attached hydrogen (secondary N) is 2. The standard InChI is InChI=1S/C48H98N6O4/c1-3-5-7-9-11-13-15-17-19-21-23-27-43(37-45(55)41-49)39-47(57)51-29-25-31-53-33-35-54(36-34-53)32-26-30-52-48(58)40-44(38-46(56)42-50)28-24-22-20-18-16-14-12-10-8-6-4-2/h43-46,55-56H,3-42,49-50H2,1-2H3,(H,51,57)(H,52,58). The van der Waals surface area contributed by atoms with E-state index >= 15 is 0 Å². The molecule has 1 saturated heterocycles. The van der Waals surface area contributed by atoms with Crippen LogP contribution < -0.4 is 22.1 Å². The molecule has 0 spiro atoms. The van der Waals surface area contributed by atoms with Crippen LogP contribution in [-0.2, 0) is 9.59 Å². The summed E-state index contributed by atoms with van der Waals surface area (Å²) in [6, 6.07) is 0. The molecule has 0 radical (unpaired) electrons. The van der Waals surface area contributed by atoms with Crippen molar-refractivity contribution in [2.75, 3.05) is 65.4 Å². The Morgan fingerprint density at radius 2 is 0.776 bits per heavy atom. The molecule has 4 unspecified atom stereocenters. The minimum Gasteiger partial charge on any atom is -0.392 e. The van der Waals surface area contributed by atoms with Gasteiger partial charge in [0.2, 0.25) is 11.8 Å². The number of unbranched alkanes of at least 4 members (excludes halogenated alkanes) is 20. The summed E-state index contributed by atoms with van der Waals surface area (Å²) < 4.78 is 0. The lowest BCUT2D eigenvalue weighted by Gasteiger charge is -2.34. The van der Waals surface area contributed by atoms with Gasteiger partial charge in [0.25, 0.3) is 0 Å². The Morgan fingerprint density at radius 1 is 0.483 bits per heavy atom. The summed E-state index contributed by atoms with van der Waals surface area (Å²) in [5.41, 5.74) is 11.4. The maximum absolute atomic E-state index is 12.8. The number of piperazine rings is 1. The van der Waals surface area contributed by atoms with E-state index in [2.05, 4.69) is 34.3 Å². The third kappa shape index (κ3) is 33.4. The molecule has 1 fully saturated rings. The summed E-state index contributed by atoms with van der Waals surface area (Å²) >= 11 is 0. The molecule has 0 aromatic heterocycles. The molecule has 8 N–H and O–H groups in total. The van der Waals surface area contributed by atoms with Gasteiger partial charge in [0.05, 0.1) is 12.2 Å². The summed E-state index contributed by atoms with van der Waals surface area (Å²) in [4.78, 5) is 30.6. The van der Waals surface area contributed by atoms with Crippen LogP contribution in [0, 0.1) is 11.8 Å². The van der Waals surface area contributed by atoms with Crippen LogP contribution >= 0.6 is 0 Å². The second-order valence-electron chi connectivity index (χ2n) is 18.1. The molecule has 0 aliphatic carbocycles. The van der Waals surface area contributed by atoms with Gasteiger partial charge in [-0.3, -0.25) is 9.59 Å². The average molecular weight is 823 g/mol. The first-order valence-electron chi connectivity index (χ1n) is 25.0. The Balaban J connectivity index is 2.17. The number of aliphatic hydroxyl groups is 2. The van der Waals surface area contributed by atoms with Crippen LogP contribution in [0.15, 0.2) is 0 Å². The molecule has 10 heteroatoms. The normalized spacial score (nSPS) is 16.0. The number of amides is 2. The minimum absolute atomic E-state index is 0.0993. The van der Waals surface area contributed by atoms with Crippen LogP contribution in [-0.4, -0.2) is 109 Å². The lowest BCUT2D eigenvalue weighted by atomic mass is 9.91. The van der Waals surface area contributed by atoms with Crippen molar-refractivity contribution in [3.63, 3.8) is 0 Å². The SMILES string of the molecule is CCCCCCCCCCCCCC(CC(=O)NCCCN1CCN(CCCNC(=O)CC(CCCCCCCCCCCCC)CC(O)CN)CC1)CC(O)CN. The number of carbonyl (C=O) groups is 2. The van der Waals surface area contributed by atoms with E-state index in [9.17, 15) is 19.8 Å². The van der Waals surface area contributed by atoms with Crippen molar-refractivity contribution < 1.29 is 19.8 Å². The molecule has 0 aromatic carbocycles. The Bertz CT molecular complexity index is 849. The summed E-state index contributed by atoms with van der Waals surface area (Å²) in [6.07, 6.45) is 33.8. The van der Waals surface area contributed by atoms with Gasteiger partial charge in [-0.05, 0) is 63.5 Å². The smallest absolute Gasteiger partial charge is 0.220 e. The predicted octanol–water partition coefficient (Wildman–Crippen LogP) is 8.45. The molecule has 0 aromatic rings. The van der Waals surface area contributed by atoms with Crippen LogP contribution in [0.25, 0.3) is 0 Å². The first-order chi connectivity index (χ1) is 28.3. The van der Waals surface area contributed by atoms with Crippen molar-refractivity contribution in [3.05, 3.63) is 0 Å². The van der Waals surface area contributed by atoms with Crippen LogP contribution in [0.2, 0.25) is 0 Å². The maximum Gasteiger partial charge on any atom is 0.220 e. The van der Waals surface area contributed by atoms with E-state index in [1.807, 2.05) is 0 Å². The fourth-order valence-corrected chi connectivity index (χ4v) is 8.73. The van der Waals surface area contributed by atoms with E-state index in [4.69, 9.17) is 11.5 Å². The number of aliphatic hydroxyl groups excluding tert-OH is 2. The first-order valence-corrected chi connectivity index (χ1v) is 25.0. The molecule has 1 heterocycles. The largest absolute Gasteiger partial charge is 0.392 e. The van der Waals surface area contributed by atoms with Crippen molar-refractivity contribution >= 4 is 11.8 Å². The van der Waals surface area contributed by atoms with Crippen molar-refractivity contribution in [2.45, 2.75) is 219 Å². The number of rotatable bonds is 42. The van der Waals surface area contributed by atoms with E-state index in [1.54, 1.807) is 0 Å². The number of hydrogen-bond donors (Lipinski definition) is 6. The molecule has 1 aliphatic rings. The third-order valence-corrected chi connectivity index (χ3v) is 12.5. The third-order valence-electron chi connectivity index (χ3n) is 12.5. The number of nitrogens with two attached hydrogens (primary N) is 2. The highest BCUT2D eigenvalue weighted by molar-refractivity contribution is 5.76. The van der Waals surface area contributed by atoms with Crippen LogP contribution in [0.4, 0.5) is 0 Å². The zero-order valence-corrected chi connectivity index (χ0v) is 38.4. The zero-order chi connectivity index (χ0) is 42.3. The maximum atomic E-state index is 12.8. The lowest BCUT2D eigenvalue weighted by Crippen LogP contribution is -2.47. The lowest BCUT2D eigenvalue weighted by molar-refractivity contribution is -0.123. The van der Waals surface area contributed by atoms with Gasteiger partial charge in [-0.15, -0.1) is 0 Å². The molecular weight excluding hydrogens is 725 g/mol. The highest BCUT2D eigenvalue weighted by Crippen LogP contribution is 2.22. The van der Waals surface area contributed by atoms with Crippen molar-refractivity contribution in [3.8, 4) is 0 Å². The monoisotopic (exact) mass is 823 g/mol. The Hall–Kier alpha value is -1.30. The average Bonchev–Trinajstić information content (AvgIpc) is 3.22. The Labute approximate surface area is 358 Å². The quantitative estimate of drug-likeness (QED) is 0.0335. The van der Waals surface area contributed by atoms with Gasteiger partial charge < -0.3 is 42.1 Å². The van der Waals surface area contributed by atoms with Gasteiger partial charge in [-0.2, -0.15) is 0 Å². The van der Waals surface area contributed by atoms with Gasteiger partial charge in [-0.1, -0.05) is 155 Å².